The van der Waals surface area contributed by atoms with E-state index in [0.29, 0.717) is 24.3 Å². The fourth-order valence-electron chi connectivity index (χ4n) is 3.13. The lowest BCUT2D eigenvalue weighted by molar-refractivity contribution is 0.286. The molecule has 0 aliphatic carbocycles. The molecule has 0 spiro atoms. The molecule has 1 N–H and O–H groups in total. The van der Waals surface area contributed by atoms with Gasteiger partial charge in [0.05, 0.1) is 5.69 Å². The molecule has 3 rings (SSSR count). The zero-order valence-electron chi connectivity index (χ0n) is 16.6. The largest absolute Gasteiger partial charge is 0.396 e. The number of aliphatic hydroxyl groups is 1. The molecule has 0 amide bonds. The van der Waals surface area contributed by atoms with Crippen molar-refractivity contribution in [3.05, 3.63) is 71.4 Å². The molecule has 0 aliphatic heterocycles. The zero-order chi connectivity index (χ0) is 20.8. The van der Waals surface area contributed by atoms with E-state index in [1.165, 1.54) is 23.9 Å². The van der Waals surface area contributed by atoms with Gasteiger partial charge in [-0.2, -0.15) is 0 Å². The van der Waals surface area contributed by atoms with Crippen LogP contribution in [0, 0.1) is 11.6 Å². The second-order valence-corrected chi connectivity index (χ2v) is 8.23. The number of aromatic nitrogens is 3. The van der Waals surface area contributed by atoms with E-state index in [1.807, 2.05) is 12.1 Å². The van der Waals surface area contributed by atoms with Gasteiger partial charge in [-0.3, -0.25) is 4.98 Å². The van der Waals surface area contributed by atoms with Gasteiger partial charge in [0.15, 0.2) is 0 Å². The maximum absolute atomic E-state index is 13.7. The van der Waals surface area contributed by atoms with Crippen molar-refractivity contribution in [2.45, 2.75) is 55.5 Å². The van der Waals surface area contributed by atoms with Crippen LogP contribution in [-0.2, 0) is 19.4 Å². The van der Waals surface area contributed by atoms with Gasteiger partial charge in [0, 0.05) is 42.9 Å². The van der Waals surface area contributed by atoms with Crippen molar-refractivity contribution >= 4 is 11.8 Å². The molecule has 7 heteroatoms. The molecule has 1 aromatic carbocycles. The Bertz CT molecular complexity index is 924. The summed E-state index contributed by atoms with van der Waals surface area (Å²) in [5.41, 5.74) is 2.06. The maximum Gasteiger partial charge on any atom is 0.127 e. The molecule has 0 atom stereocenters. The second-order valence-electron chi connectivity index (χ2n) is 7.16. The summed E-state index contributed by atoms with van der Waals surface area (Å²) in [6.07, 6.45) is 5.57. The lowest BCUT2D eigenvalue weighted by Crippen LogP contribution is -2.08. The summed E-state index contributed by atoms with van der Waals surface area (Å²) in [6.45, 7) is 4.89. The van der Waals surface area contributed by atoms with E-state index in [-0.39, 0.29) is 12.5 Å². The molecule has 0 saturated carbocycles. The minimum atomic E-state index is -0.595. The van der Waals surface area contributed by atoms with Crippen LogP contribution in [0.15, 0.2) is 52.6 Å². The third-order valence-corrected chi connectivity index (χ3v) is 5.65. The van der Waals surface area contributed by atoms with E-state index in [1.54, 1.807) is 12.4 Å². The molecule has 0 saturated heterocycles. The van der Waals surface area contributed by atoms with E-state index in [2.05, 4.69) is 23.4 Å². The first-order valence-electron chi connectivity index (χ1n) is 9.71. The summed E-state index contributed by atoms with van der Waals surface area (Å²) in [6, 6.07) is 7.50. The lowest BCUT2D eigenvalue weighted by Gasteiger charge is -2.14. The smallest absolute Gasteiger partial charge is 0.127 e. The second kappa shape index (κ2) is 9.98. The Balaban J connectivity index is 1.98. The van der Waals surface area contributed by atoms with Crippen LogP contribution in [0.2, 0.25) is 0 Å². The highest BCUT2D eigenvalue weighted by Crippen LogP contribution is 2.36. The molecule has 3 aromatic rings. The van der Waals surface area contributed by atoms with Crippen molar-refractivity contribution in [2.75, 3.05) is 6.61 Å². The topological polar surface area (TPSA) is 50.9 Å². The standard InChI is InChI=1S/C22H25F2N3OS/c1-15(2)21-22(29-19-13-17(23)12-18(24)14-19)27(20(26-21)4-3-11-28)10-7-16-5-8-25-9-6-16/h5-6,8-9,12-15,28H,3-4,7,10-11H2,1-2H3. The predicted octanol–water partition coefficient (Wildman–Crippen LogP) is 5.00. The number of nitrogens with zero attached hydrogens (tertiary/aromatic N) is 3. The van der Waals surface area contributed by atoms with Crippen molar-refractivity contribution < 1.29 is 13.9 Å². The van der Waals surface area contributed by atoms with Crippen molar-refractivity contribution in [1.29, 1.82) is 0 Å². The summed E-state index contributed by atoms with van der Waals surface area (Å²) >= 11 is 1.33. The summed E-state index contributed by atoms with van der Waals surface area (Å²) < 4.78 is 29.6. The van der Waals surface area contributed by atoms with Crippen molar-refractivity contribution in [1.82, 2.24) is 14.5 Å². The van der Waals surface area contributed by atoms with Crippen LogP contribution in [0.4, 0.5) is 8.78 Å². The third kappa shape index (κ3) is 5.64. The fraction of sp³-hybridized carbons (Fsp3) is 0.364. The van der Waals surface area contributed by atoms with E-state index in [0.717, 1.165) is 34.6 Å². The molecule has 154 valence electrons. The SMILES string of the molecule is CC(C)c1nc(CCCO)n(CCc2ccncc2)c1Sc1cc(F)cc(F)c1. The summed E-state index contributed by atoms with van der Waals surface area (Å²) in [4.78, 5) is 9.39. The van der Waals surface area contributed by atoms with Crippen LogP contribution in [0.5, 0.6) is 0 Å². The Kier molecular flexibility index (Phi) is 7.39. The normalized spacial score (nSPS) is 11.4. The molecular weight excluding hydrogens is 392 g/mol. The van der Waals surface area contributed by atoms with Gasteiger partial charge in [-0.15, -0.1) is 0 Å². The van der Waals surface area contributed by atoms with Crippen LogP contribution in [0.3, 0.4) is 0 Å². The van der Waals surface area contributed by atoms with Crippen molar-refractivity contribution in [3.63, 3.8) is 0 Å². The van der Waals surface area contributed by atoms with Gasteiger partial charge in [0.1, 0.15) is 22.5 Å². The number of rotatable bonds is 9. The van der Waals surface area contributed by atoms with Gasteiger partial charge in [-0.05, 0) is 48.6 Å². The van der Waals surface area contributed by atoms with E-state index < -0.39 is 11.6 Å². The first kappa shape index (κ1) is 21.5. The van der Waals surface area contributed by atoms with Crippen LogP contribution in [-0.4, -0.2) is 26.2 Å². The van der Waals surface area contributed by atoms with Crippen LogP contribution in [0.25, 0.3) is 0 Å². The van der Waals surface area contributed by atoms with Crippen LogP contribution < -0.4 is 0 Å². The fourth-order valence-corrected chi connectivity index (χ4v) is 4.39. The van der Waals surface area contributed by atoms with Crippen molar-refractivity contribution in [2.24, 2.45) is 0 Å². The summed E-state index contributed by atoms with van der Waals surface area (Å²) in [5.74, 6) is -0.147. The van der Waals surface area contributed by atoms with E-state index in [4.69, 9.17) is 4.98 Å². The molecule has 0 fully saturated rings. The maximum atomic E-state index is 13.7. The van der Waals surface area contributed by atoms with Gasteiger partial charge in [-0.1, -0.05) is 25.6 Å². The minimum Gasteiger partial charge on any atom is -0.396 e. The lowest BCUT2D eigenvalue weighted by atomic mass is 10.1. The van der Waals surface area contributed by atoms with Gasteiger partial charge in [-0.25, -0.2) is 13.8 Å². The number of imidazole rings is 1. The van der Waals surface area contributed by atoms with Crippen LogP contribution in [0.1, 0.15) is 43.3 Å². The number of aliphatic hydroxyl groups excluding tert-OH is 1. The Morgan fingerprint density at radius 3 is 2.38 bits per heavy atom. The van der Waals surface area contributed by atoms with Gasteiger partial charge < -0.3 is 9.67 Å². The molecule has 29 heavy (non-hydrogen) atoms. The summed E-state index contributed by atoms with van der Waals surface area (Å²) in [5, 5.41) is 10.2. The molecule has 0 aliphatic rings. The monoisotopic (exact) mass is 417 g/mol. The highest BCUT2D eigenvalue weighted by molar-refractivity contribution is 7.99. The van der Waals surface area contributed by atoms with E-state index >= 15 is 0 Å². The quantitative estimate of drug-likeness (QED) is 0.532. The first-order valence-corrected chi connectivity index (χ1v) is 10.5. The zero-order valence-corrected chi connectivity index (χ0v) is 17.4. The van der Waals surface area contributed by atoms with Crippen LogP contribution >= 0.6 is 11.8 Å². The molecule has 0 bridgehead atoms. The van der Waals surface area contributed by atoms with E-state index in [9.17, 15) is 13.9 Å². The first-order chi connectivity index (χ1) is 14.0. The highest BCUT2D eigenvalue weighted by atomic mass is 32.2. The molecule has 2 aromatic heterocycles. The molecule has 4 nitrogen and oxygen atoms in total. The van der Waals surface area contributed by atoms with Gasteiger partial charge in [0.2, 0.25) is 0 Å². The highest BCUT2D eigenvalue weighted by Gasteiger charge is 2.21. The third-order valence-electron chi connectivity index (χ3n) is 4.55. The Morgan fingerprint density at radius 2 is 1.76 bits per heavy atom. The predicted molar refractivity (Wildman–Crippen MR) is 110 cm³/mol. The Morgan fingerprint density at radius 1 is 1.07 bits per heavy atom. The number of pyridine rings is 1. The molecular formula is C22H25F2N3OS. The number of benzene rings is 1. The average molecular weight is 418 g/mol. The number of aryl methyl sites for hydroxylation is 2. The average Bonchev–Trinajstić information content (AvgIpc) is 3.02. The number of hydrogen-bond donors (Lipinski definition) is 1. The molecule has 0 radical (unpaired) electrons. The molecule has 2 heterocycles. The number of hydrogen-bond acceptors (Lipinski definition) is 4. The molecule has 0 unspecified atom stereocenters. The Hall–Kier alpha value is -2.25. The number of halogens is 2. The minimum absolute atomic E-state index is 0.0891. The van der Waals surface area contributed by atoms with Crippen molar-refractivity contribution in [3.8, 4) is 0 Å². The van der Waals surface area contributed by atoms with Gasteiger partial charge in [0.25, 0.3) is 0 Å². The van der Waals surface area contributed by atoms with Gasteiger partial charge >= 0.3 is 0 Å². The summed E-state index contributed by atoms with van der Waals surface area (Å²) in [7, 11) is 0. The Labute approximate surface area is 174 Å².